The minimum atomic E-state index is -0.572. The van der Waals surface area contributed by atoms with Gasteiger partial charge in [-0.05, 0) is 12.1 Å². The minimum absolute atomic E-state index is 0.0166. The number of nitro groups is 2. The van der Waals surface area contributed by atoms with Gasteiger partial charge in [0, 0.05) is 48.7 Å². The van der Waals surface area contributed by atoms with Crippen molar-refractivity contribution in [1.29, 1.82) is 0 Å². The zero-order valence-corrected chi connectivity index (χ0v) is 14.1. The summed E-state index contributed by atoms with van der Waals surface area (Å²) >= 11 is 0. The van der Waals surface area contributed by atoms with E-state index >= 15 is 0 Å². The second kappa shape index (κ2) is 8.19. The van der Waals surface area contributed by atoms with Gasteiger partial charge in [-0.2, -0.15) is 5.10 Å². The van der Waals surface area contributed by atoms with Crippen molar-refractivity contribution < 1.29 is 14.6 Å². The van der Waals surface area contributed by atoms with E-state index in [1.165, 1.54) is 36.7 Å². The van der Waals surface area contributed by atoms with Crippen LogP contribution in [-0.4, -0.2) is 47.3 Å². The normalized spacial score (nSPS) is 14.3. The molecular weight excluding hydrogens is 356 g/mol. The van der Waals surface area contributed by atoms with Crippen molar-refractivity contribution in [3.8, 4) is 0 Å². The van der Waals surface area contributed by atoms with Gasteiger partial charge < -0.3 is 9.64 Å². The van der Waals surface area contributed by atoms with Crippen LogP contribution in [0.15, 0.2) is 41.6 Å². The molecule has 11 heteroatoms. The van der Waals surface area contributed by atoms with E-state index in [9.17, 15) is 20.2 Å². The van der Waals surface area contributed by atoms with E-state index in [1.807, 2.05) is 4.90 Å². The van der Waals surface area contributed by atoms with E-state index in [4.69, 9.17) is 4.74 Å². The van der Waals surface area contributed by atoms with Gasteiger partial charge in [-0.25, -0.2) is 4.98 Å². The van der Waals surface area contributed by atoms with E-state index < -0.39 is 9.85 Å². The Morgan fingerprint density at radius 2 is 1.96 bits per heavy atom. The molecule has 1 aliphatic rings. The predicted octanol–water partition coefficient (Wildman–Crippen LogP) is 2.18. The largest absolute Gasteiger partial charge is 0.378 e. The number of hydrazone groups is 1. The second-order valence-corrected chi connectivity index (χ2v) is 5.60. The molecule has 0 unspecified atom stereocenters. The number of nitrogens with zero attached hydrogens (tertiary/aromatic N) is 5. The molecule has 1 saturated heterocycles. The van der Waals surface area contributed by atoms with Crippen LogP contribution in [0, 0.1) is 20.2 Å². The number of morpholine rings is 1. The van der Waals surface area contributed by atoms with Crippen molar-refractivity contribution in [2.75, 3.05) is 36.6 Å². The fourth-order valence-corrected chi connectivity index (χ4v) is 2.64. The van der Waals surface area contributed by atoms with E-state index in [0.29, 0.717) is 31.9 Å². The maximum Gasteiger partial charge on any atom is 0.313 e. The summed E-state index contributed by atoms with van der Waals surface area (Å²) in [6.07, 6.45) is 2.79. The highest BCUT2D eigenvalue weighted by Crippen LogP contribution is 2.25. The molecular formula is C16H16N6O5. The SMILES string of the molecule is O=[N+]([O-])c1ccc(N2CCOCC2)c(/C=N/Nc2ncccc2[N+](=O)[O-])c1. The monoisotopic (exact) mass is 372 g/mol. The fourth-order valence-electron chi connectivity index (χ4n) is 2.64. The highest BCUT2D eigenvalue weighted by Gasteiger charge is 2.17. The molecule has 0 bridgehead atoms. The summed E-state index contributed by atoms with van der Waals surface area (Å²) in [5, 5.41) is 26.1. The number of ether oxygens (including phenoxy) is 1. The highest BCUT2D eigenvalue weighted by atomic mass is 16.6. The standard InChI is InChI=1S/C16H16N6O5/c23-21(24)13-3-4-14(20-6-8-27-9-7-20)12(10-13)11-18-19-16-15(22(25)26)2-1-5-17-16/h1-5,10-11H,6-9H2,(H,17,19)/b18-11+. The van der Waals surface area contributed by atoms with Crippen molar-refractivity contribution >= 4 is 29.1 Å². The van der Waals surface area contributed by atoms with E-state index in [2.05, 4.69) is 15.5 Å². The lowest BCUT2D eigenvalue weighted by molar-refractivity contribution is -0.384. The molecule has 0 saturated carbocycles. The van der Waals surface area contributed by atoms with Gasteiger partial charge in [-0.1, -0.05) is 0 Å². The molecule has 0 amide bonds. The molecule has 1 aromatic carbocycles. The van der Waals surface area contributed by atoms with Crippen LogP contribution in [0.2, 0.25) is 0 Å². The number of aromatic nitrogens is 1. The number of nitro benzene ring substituents is 1. The Kier molecular flexibility index (Phi) is 5.52. The lowest BCUT2D eigenvalue weighted by Crippen LogP contribution is -2.36. The zero-order valence-electron chi connectivity index (χ0n) is 14.1. The maximum absolute atomic E-state index is 11.1. The van der Waals surface area contributed by atoms with Crippen molar-refractivity contribution in [3.63, 3.8) is 0 Å². The number of rotatable bonds is 6. The van der Waals surface area contributed by atoms with Crippen LogP contribution in [0.4, 0.5) is 22.9 Å². The van der Waals surface area contributed by atoms with Crippen molar-refractivity contribution in [2.24, 2.45) is 5.10 Å². The number of anilines is 2. The Bertz CT molecular complexity index is 881. The quantitative estimate of drug-likeness (QED) is 0.463. The van der Waals surface area contributed by atoms with Gasteiger partial charge in [0.25, 0.3) is 5.69 Å². The van der Waals surface area contributed by atoms with E-state index in [0.717, 1.165) is 5.69 Å². The number of benzene rings is 1. The molecule has 1 fully saturated rings. The highest BCUT2D eigenvalue weighted by molar-refractivity contribution is 5.89. The predicted molar refractivity (Wildman–Crippen MR) is 98.2 cm³/mol. The molecule has 1 aliphatic heterocycles. The maximum atomic E-state index is 11.1. The lowest BCUT2D eigenvalue weighted by atomic mass is 10.1. The molecule has 140 valence electrons. The first-order valence-electron chi connectivity index (χ1n) is 8.06. The van der Waals surface area contributed by atoms with Crippen LogP contribution in [0.5, 0.6) is 0 Å². The number of hydrogen-bond donors (Lipinski definition) is 1. The Morgan fingerprint density at radius 1 is 1.19 bits per heavy atom. The molecule has 11 nitrogen and oxygen atoms in total. The Hall–Kier alpha value is -3.60. The number of non-ortho nitro benzene ring substituents is 1. The number of hydrogen-bond acceptors (Lipinski definition) is 9. The first kappa shape index (κ1) is 18.2. The third-order valence-electron chi connectivity index (χ3n) is 3.93. The Balaban J connectivity index is 1.88. The first-order valence-corrected chi connectivity index (χ1v) is 8.06. The summed E-state index contributed by atoms with van der Waals surface area (Å²) in [7, 11) is 0. The van der Waals surface area contributed by atoms with Crippen LogP contribution >= 0.6 is 0 Å². The summed E-state index contributed by atoms with van der Waals surface area (Å²) in [5.41, 5.74) is 3.51. The van der Waals surface area contributed by atoms with Crippen molar-refractivity contribution in [1.82, 2.24) is 4.98 Å². The van der Waals surface area contributed by atoms with Gasteiger partial charge in [0.2, 0.25) is 5.82 Å². The van der Waals surface area contributed by atoms with Crippen LogP contribution in [-0.2, 0) is 4.74 Å². The minimum Gasteiger partial charge on any atom is -0.378 e. The summed E-state index contributed by atoms with van der Waals surface area (Å²) in [4.78, 5) is 27.0. The molecule has 2 aromatic rings. The van der Waals surface area contributed by atoms with Crippen LogP contribution in [0.3, 0.4) is 0 Å². The number of pyridine rings is 1. The smallest absolute Gasteiger partial charge is 0.313 e. The third-order valence-corrected chi connectivity index (χ3v) is 3.93. The van der Waals surface area contributed by atoms with Crippen LogP contribution in [0.1, 0.15) is 5.56 Å². The summed E-state index contributed by atoms with van der Waals surface area (Å²) < 4.78 is 5.33. The molecule has 0 aliphatic carbocycles. The molecule has 3 rings (SSSR count). The first-order chi connectivity index (χ1) is 13.1. The summed E-state index contributed by atoms with van der Waals surface area (Å²) in [5.74, 6) is -0.0166. The average Bonchev–Trinajstić information content (AvgIpc) is 2.68. The topological polar surface area (TPSA) is 136 Å². The molecule has 2 heterocycles. The fraction of sp³-hybridized carbons (Fsp3) is 0.250. The molecule has 1 N–H and O–H groups in total. The van der Waals surface area contributed by atoms with Gasteiger partial charge in [-0.3, -0.25) is 25.7 Å². The molecule has 27 heavy (non-hydrogen) atoms. The second-order valence-electron chi connectivity index (χ2n) is 5.60. The Labute approximate surface area is 153 Å². The van der Waals surface area contributed by atoms with Crippen LogP contribution in [0.25, 0.3) is 0 Å². The molecule has 0 radical (unpaired) electrons. The molecule has 0 spiro atoms. The Morgan fingerprint density at radius 3 is 2.67 bits per heavy atom. The zero-order chi connectivity index (χ0) is 19.2. The van der Waals surface area contributed by atoms with Gasteiger partial charge in [0.15, 0.2) is 0 Å². The van der Waals surface area contributed by atoms with Gasteiger partial charge >= 0.3 is 5.69 Å². The van der Waals surface area contributed by atoms with Gasteiger partial charge in [0.05, 0.1) is 29.3 Å². The van der Waals surface area contributed by atoms with E-state index in [1.54, 1.807) is 6.07 Å². The van der Waals surface area contributed by atoms with Gasteiger partial charge in [-0.15, -0.1) is 0 Å². The van der Waals surface area contributed by atoms with Crippen molar-refractivity contribution in [3.05, 3.63) is 62.3 Å². The third kappa shape index (κ3) is 4.33. The van der Waals surface area contributed by atoms with Crippen LogP contribution < -0.4 is 10.3 Å². The summed E-state index contributed by atoms with van der Waals surface area (Å²) in [6.45, 7) is 2.42. The van der Waals surface area contributed by atoms with Crippen molar-refractivity contribution in [2.45, 2.75) is 0 Å². The summed E-state index contributed by atoms with van der Waals surface area (Å²) in [6, 6.07) is 7.25. The lowest BCUT2D eigenvalue weighted by Gasteiger charge is -2.29. The van der Waals surface area contributed by atoms with Gasteiger partial charge in [0.1, 0.15) is 0 Å². The van der Waals surface area contributed by atoms with E-state index in [-0.39, 0.29) is 17.2 Å². The average molecular weight is 372 g/mol. The molecule has 1 aromatic heterocycles. The number of nitrogens with one attached hydrogen (secondary N) is 1. The molecule has 0 atom stereocenters.